The van der Waals surface area contributed by atoms with Crippen LogP contribution in [-0.4, -0.2) is 5.11 Å². The van der Waals surface area contributed by atoms with Gasteiger partial charge in [0.15, 0.2) is 0 Å². The van der Waals surface area contributed by atoms with Crippen molar-refractivity contribution in [3.05, 3.63) is 101 Å². The topological polar surface area (TPSA) is 46.2 Å². The van der Waals surface area contributed by atoms with Crippen molar-refractivity contribution in [3.63, 3.8) is 0 Å². The molecule has 0 bridgehead atoms. The molecule has 0 spiro atoms. The van der Waals surface area contributed by atoms with E-state index in [4.69, 9.17) is 5.73 Å². The summed E-state index contributed by atoms with van der Waals surface area (Å²) < 4.78 is 0. The van der Waals surface area contributed by atoms with Crippen LogP contribution in [0.25, 0.3) is 0 Å². The quantitative estimate of drug-likeness (QED) is 0.366. The molecule has 0 amide bonds. The second-order valence-corrected chi connectivity index (χ2v) is 9.61. The Hall–Kier alpha value is -2.58. The first-order valence-corrected chi connectivity index (χ1v) is 11.5. The number of benzene rings is 3. The van der Waals surface area contributed by atoms with Gasteiger partial charge in [0, 0.05) is 11.6 Å². The lowest BCUT2D eigenvalue weighted by molar-refractivity contribution is 0.150. The summed E-state index contributed by atoms with van der Waals surface area (Å²) >= 11 is 0. The maximum atomic E-state index is 11.1. The lowest BCUT2D eigenvalue weighted by Gasteiger charge is -2.24. The Kier molecular flexibility index (Phi) is 7.92. The molecule has 2 nitrogen and oxygen atoms in total. The summed E-state index contributed by atoms with van der Waals surface area (Å²) in [7, 11) is 0. The van der Waals surface area contributed by atoms with E-state index in [0.717, 1.165) is 30.5 Å². The highest BCUT2D eigenvalue weighted by molar-refractivity contribution is 5.45. The summed E-state index contributed by atoms with van der Waals surface area (Å²) in [6.45, 7) is 8.87. The Bertz CT molecular complexity index is 944. The molecular weight excluding hydrogens is 378 g/mol. The van der Waals surface area contributed by atoms with Crippen molar-refractivity contribution in [3.8, 4) is 0 Å². The van der Waals surface area contributed by atoms with E-state index in [1.54, 1.807) is 0 Å². The molecule has 0 aliphatic carbocycles. The molecule has 0 saturated heterocycles. The number of nitrogens with two attached hydrogens (primary N) is 1. The van der Waals surface area contributed by atoms with Gasteiger partial charge >= 0.3 is 0 Å². The van der Waals surface area contributed by atoms with Crippen molar-refractivity contribution in [2.24, 2.45) is 11.8 Å². The van der Waals surface area contributed by atoms with Crippen LogP contribution in [0.15, 0.2) is 72.8 Å². The number of aliphatic hydroxyl groups excluding tert-OH is 1. The van der Waals surface area contributed by atoms with Gasteiger partial charge < -0.3 is 10.8 Å². The molecule has 0 heterocycles. The molecular formula is C29H37NO. The minimum atomic E-state index is -0.454. The van der Waals surface area contributed by atoms with E-state index in [0.29, 0.717) is 11.8 Å². The highest BCUT2D eigenvalue weighted by atomic mass is 16.3. The zero-order chi connectivity index (χ0) is 22.4. The van der Waals surface area contributed by atoms with Crippen LogP contribution in [-0.2, 0) is 6.42 Å². The van der Waals surface area contributed by atoms with Gasteiger partial charge in [0.25, 0.3) is 0 Å². The van der Waals surface area contributed by atoms with Crippen LogP contribution in [0.5, 0.6) is 0 Å². The number of anilines is 1. The Morgan fingerprint density at radius 3 is 1.97 bits per heavy atom. The van der Waals surface area contributed by atoms with E-state index in [9.17, 15) is 5.11 Å². The van der Waals surface area contributed by atoms with Crippen LogP contribution in [0.4, 0.5) is 5.69 Å². The van der Waals surface area contributed by atoms with Crippen LogP contribution in [0, 0.1) is 11.8 Å². The van der Waals surface area contributed by atoms with Gasteiger partial charge in [-0.1, -0.05) is 88.4 Å². The lowest BCUT2D eigenvalue weighted by Crippen LogP contribution is -2.10. The lowest BCUT2D eigenvalue weighted by atomic mass is 9.82. The second-order valence-electron chi connectivity index (χ2n) is 9.61. The first kappa shape index (κ1) is 23.1. The molecule has 0 fully saturated rings. The number of hydrogen-bond acceptors (Lipinski definition) is 2. The Morgan fingerprint density at radius 2 is 1.35 bits per heavy atom. The molecule has 3 aromatic carbocycles. The van der Waals surface area contributed by atoms with Crippen molar-refractivity contribution < 1.29 is 5.11 Å². The summed E-state index contributed by atoms with van der Waals surface area (Å²) in [5, 5.41) is 11.1. The smallest absolute Gasteiger partial charge is 0.0795 e. The third-order valence-corrected chi connectivity index (χ3v) is 5.91. The van der Waals surface area contributed by atoms with E-state index in [-0.39, 0.29) is 5.92 Å². The second kappa shape index (κ2) is 10.6. The van der Waals surface area contributed by atoms with Crippen LogP contribution in [0.2, 0.25) is 0 Å². The number of aliphatic hydroxyl groups is 1. The van der Waals surface area contributed by atoms with Gasteiger partial charge in [-0.25, -0.2) is 0 Å². The van der Waals surface area contributed by atoms with Crippen molar-refractivity contribution in [1.29, 1.82) is 0 Å². The van der Waals surface area contributed by atoms with Gasteiger partial charge in [-0.05, 0) is 71.0 Å². The number of rotatable bonds is 9. The van der Waals surface area contributed by atoms with E-state index >= 15 is 0 Å². The van der Waals surface area contributed by atoms with Gasteiger partial charge in [0.1, 0.15) is 0 Å². The van der Waals surface area contributed by atoms with Crippen LogP contribution < -0.4 is 5.73 Å². The highest BCUT2D eigenvalue weighted by Crippen LogP contribution is 2.35. The predicted octanol–water partition coefficient (Wildman–Crippen LogP) is 7.12. The summed E-state index contributed by atoms with van der Waals surface area (Å²) in [5.41, 5.74) is 12.8. The molecule has 2 heteroatoms. The van der Waals surface area contributed by atoms with Gasteiger partial charge in [-0.2, -0.15) is 0 Å². The van der Waals surface area contributed by atoms with E-state index in [1.165, 1.54) is 22.3 Å². The molecule has 0 aliphatic rings. The SMILES string of the molecule is CC(C)CC(O)c1cc(C(CC(C)C)c2ccc(N)cc2)ccc1Cc1ccccc1. The predicted molar refractivity (Wildman–Crippen MR) is 132 cm³/mol. The maximum absolute atomic E-state index is 11.1. The van der Waals surface area contributed by atoms with Crippen LogP contribution in [0.3, 0.4) is 0 Å². The Balaban J connectivity index is 2.03. The Morgan fingerprint density at radius 1 is 0.742 bits per heavy atom. The maximum Gasteiger partial charge on any atom is 0.0795 e. The summed E-state index contributed by atoms with van der Waals surface area (Å²) in [4.78, 5) is 0. The van der Waals surface area contributed by atoms with Crippen molar-refractivity contribution in [2.75, 3.05) is 5.73 Å². The van der Waals surface area contributed by atoms with E-state index in [1.807, 2.05) is 18.2 Å². The molecule has 31 heavy (non-hydrogen) atoms. The van der Waals surface area contributed by atoms with Crippen molar-refractivity contribution in [2.45, 2.75) is 59.0 Å². The van der Waals surface area contributed by atoms with E-state index in [2.05, 4.69) is 82.3 Å². The summed E-state index contributed by atoms with van der Waals surface area (Å²) in [6.07, 6.45) is 2.20. The normalized spacial score (nSPS) is 13.5. The first-order valence-electron chi connectivity index (χ1n) is 11.5. The number of nitrogen functional groups attached to an aromatic ring is 1. The van der Waals surface area contributed by atoms with E-state index < -0.39 is 6.10 Å². The highest BCUT2D eigenvalue weighted by Gasteiger charge is 2.20. The van der Waals surface area contributed by atoms with Crippen LogP contribution in [0.1, 0.15) is 80.4 Å². The fourth-order valence-electron chi connectivity index (χ4n) is 4.35. The largest absolute Gasteiger partial charge is 0.399 e. The first-order chi connectivity index (χ1) is 14.8. The molecule has 2 unspecified atom stereocenters. The zero-order valence-corrected chi connectivity index (χ0v) is 19.4. The average Bonchev–Trinajstić information content (AvgIpc) is 2.73. The standard InChI is InChI=1S/C29H37NO/c1-20(2)16-27(23-12-14-26(30)15-13-23)25-11-10-24(18-22-8-6-5-7-9-22)28(19-25)29(31)17-21(3)4/h5-15,19-21,27,29,31H,16-18,30H2,1-4H3. The molecule has 3 aromatic rings. The van der Waals surface area contributed by atoms with Crippen molar-refractivity contribution in [1.82, 2.24) is 0 Å². The molecule has 164 valence electrons. The van der Waals surface area contributed by atoms with Gasteiger partial charge in [0.2, 0.25) is 0 Å². The molecule has 3 rings (SSSR count). The van der Waals surface area contributed by atoms with Gasteiger partial charge in [-0.15, -0.1) is 0 Å². The van der Waals surface area contributed by atoms with Gasteiger partial charge in [0.05, 0.1) is 6.10 Å². The fraction of sp³-hybridized carbons (Fsp3) is 0.379. The fourth-order valence-corrected chi connectivity index (χ4v) is 4.35. The molecule has 0 radical (unpaired) electrons. The molecule has 2 atom stereocenters. The number of hydrogen-bond donors (Lipinski definition) is 2. The average molecular weight is 416 g/mol. The molecule has 0 aliphatic heterocycles. The minimum absolute atomic E-state index is 0.288. The zero-order valence-electron chi connectivity index (χ0n) is 19.4. The Labute approximate surface area is 188 Å². The summed E-state index contributed by atoms with van der Waals surface area (Å²) in [6, 6.07) is 25.5. The summed E-state index contributed by atoms with van der Waals surface area (Å²) in [5.74, 6) is 1.29. The third-order valence-electron chi connectivity index (χ3n) is 5.91. The molecule has 0 saturated carbocycles. The molecule has 3 N–H and O–H groups in total. The van der Waals surface area contributed by atoms with Crippen molar-refractivity contribution >= 4 is 5.69 Å². The van der Waals surface area contributed by atoms with Gasteiger partial charge in [-0.3, -0.25) is 0 Å². The molecule has 0 aromatic heterocycles. The van der Waals surface area contributed by atoms with Crippen LogP contribution >= 0.6 is 0 Å². The minimum Gasteiger partial charge on any atom is -0.399 e. The monoisotopic (exact) mass is 415 g/mol. The third kappa shape index (κ3) is 6.45.